The van der Waals surface area contributed by atoms with Gasteiger partial charge in [-0.05, 0) is 49.7 Å². The summed E-state index contributed by atoms with van der Waals surface area (Å²) in [6, 6.07) is 23.0. The van der Waals surface area contributed by atoms with Gasteiger partial charge in [-0.1, -0.05) is 36.4 Å². The Morgan fingerprint density at radius 3 is 2.54 bits per heavy atom. The van der Waals surface area contributed by atoms with E-state index in [2.05, 4.69) is 47.3 Å². The van der Waals surface area contributed by atoms with E-state index < -0.39 is 0 Å². The second-order valence-corrected chi connectivity index (χ2v) is 6.76. The minimum Gasteiger partial charge on any atom is -0.350 e. The SMILES string of the molecule is CC(C)N(Cc1ccccc1)c1ccc(C(=O)Nc2cccc(C#N)c2)cn1. The van der Waals surface area contributed by atoms with Crippen LogP contribution in [-0.4, -0.2) is 16.9 Å². The standard InChI is InChI=1S/C23H22N4O/c1-17(2)27(16-18-7-4-3-5-8-18)22-12-11-20(15-25-22)23(28)26-21-10-6-9-19(13-21)14-24/h3-13,15,17H,16H2,1-2H3,(H,26,28). The molecule has 0 atom stereocenters. The van der Waals surface area contributed by atoms with Crippen molar-refractivity contribution < 1.29 is 4.79 Å². The van der Waals surface area contributed by atoms with Gasteiger partial charge in [-0.2, -0.15) is 5.26 Å². The van der Waals surface area contributed by atoms with Gasteiger partial charge in [0.1, 0.15) is 5.82 Å². The highest BCUT2D eigenvalue weighted by atomic mass is 16.1. The topological polar surface area (TPSA) is 69.0 Å². The maximum absolute atomic E-state index is 12.5. The lowest BCUT2D eigenvalue weighted by atomic mass is 10.1. The highest BCUT2D eigenvalue weighted by Gasteiger charge is 2.14. The average molecular weight is 370 g/mol. The fourth-order valence-corrected chi connectivity index (χ4v) is 2.87. The lowest BCUT2D eigenvalue weighted by Gasteiger charge is -2.28. The number of amides is 1. The molecule has 0 saturated heterocycles. The molecule has 0 radical (unpaired) electrons. The third-order valence-electron chi connectivity index (χ3n) is 4.37. The molecule has 0 aliphatic rings. The first-order valence-corrected chi connectivity index (χ1v) is 9.15. The minimum atomic E-state index is -0.256. The van der Waals surface area contributed by atoms with Gasteiger partial charge in [0, 0.05) is 24.5 Å². The second-order valence-electron chi connectivity index (χ2n) is 6.76. The van der Waals surface area contributed by atoms with Gasteiger partial charge in [0.15, 0.2) is 0 Å². The van der Waals surface area contributed by atoms with E-state index in [-0.39, 0.29) is 11.9 Å². The Hall–Kier alpha value is -3.65. The number of benzene rings is 2. The van der Waals surface area contributed by atoms with Crippen LogP contribution in [0.5, 0.6) is 0 Å². The number of carbonyl (C=O) groups is 1. The van der Waals surface area contributed by atoms with Gasteiger partial charge in [-0.3, -0.25) is 4.79 Å². The molecule has 0 unspecified atom stereocenters. The van der Waals surface area contributed by atoms with E-state index in [0.717, 1.165) is 12.4 Å². The molecule has 0 fully saturated rings. The molecule has 0 spiro atoms. The summed E-state index contributed by atoms with van der Waals surface area (Å²) in [5.74, 6) is 0.565. The molecule has 5 nitrogen and oxygen atoms in total. The maximum atomic E-state index is 12.5. The van der Waals surface area contributed by atoms with Gasteiger partial charge in [0.25, 0.3) is 5.91 Å². The van der Waals surface area contributed by atoms with Crippen LogP contribution in [-0.2, 0) is 6.54 Å². The van der Waals surface area contributed by atoms with Crippen LogP contribution < -0.4 is 10.2 Å². The van der Waals surface area contributed by atoms with Crippen LogP contribution in [0.1, 0.15) is 35.3 Å². The van der Waals surface area contributed by atoms with Gasteiger partial charge in [0.05, 0.1) is 17.2 Å². The average Bonchev–Trinajstić information content (AvgIpc) is 2.73. The number of hydrogen-bond acceptors (Lipinski definition) is 4. The Balaban J connectivity index is 1.73. The van der Waals surface area contributed by atoms with Crippen LogP contribution in [0.3, 0.4) is 0 Å². The molecular weight excluding hydrogens is 348 g/mol. The van der Waals surface area contributed by atoms with Crippen LogP contribution in [0.25, 0.3) is 0 Å². The fourth-order valence-electron chi connectivity index (χ4n) is 2.87. The molecule has 0 aliphatic carbocycles. The summed E-state index contributed by atoms with van der Waals surface area (Å²) in [5.41, 5.74) is 2.76. The fraction of sp³-hybridized carbons (Fsp3) is 0.174. The highest BCUT2D eigenvalue weighted by molar-refractivity contribution is 6.04. The lowest BCUT2D eigenvalue weighted by Crippen LogP contribution is -2.31. The van der Waals surface area contributed by atoms with E-state index in [9.17, 15) is 4.79 Å². The monoisotopic (exact) mass is 370 g/mol. The largest absolute Gasteiger partial charge is 0.350 e. The Morgan fingerprint density at radius 2 is 1.89 bits per heavy atom. The van der Waals surface area contributed by atoms with Gasteiger partial charge < -0.3 is 10.2 Å². The molecule has 0 aliphatic heterocycles. The number of anilines is 2. The summed E-state index contributed by atoms with van der Waals surface area (Å²) in [4.78, 5) is 19.2. The summed E-state index contributed by atoms with van der Waals surface area (Å²) >= 11 is 0. The van der Waals surface area contributed by atoms with Crippen molar-refractivity contribution in [2.75, 3.05) is 10.2 Å². The van der Waals surface area contributed by atoms with Crippen molar-refractivity contribution in [1.82, 2.24) is 4.98 Å². The van der Waals surface area contributed by atoms with Gasteiger partial charge >= 0.3 is 0 Å². The molecule has 5 heteroatoms. The normalized spacial score (nSPS) is 10.4. The van der Waals surface area contributed by atoms with Crippen LogP contribution >= 0.6 is 0 Å². The number of aromatic nitrogens is 1. The molecule has 3 aromatic rings. The molecule has 2 aromatic carbocycles. The van der Waals surface area contributed by atoms with Crippen molar-refractivity contribution in [1.29, 1.82) is 5.26 Å². The number of nitriles is 1. The van der Waals surface area contributed by atoms with Crippen molar-refractivity contribution in [3.05, 3.63) is 89.6 Å². The molecular formula is C23H22N4O. The third-order valence-corrected chi connectivity index (χ3v) is 4.37. The first-order valence-electron chi connectivity index (χ1n) is 9.15. The summed E-state index contributed by atoms with van der Waals surface area (Å²) in [6.45, 7) is 4.98. The summed E-state index contributed by atoms with van der Waals surface area (Å²) < 4.78 is 0. The predicted octanol–water partition coefficient (Wildman–Crippen LogP) is 4.62. The summed E-state index contributed by atoms with van der Waals surface area (Å²) in [7, 11) is 0. The van der Waals surface area contributed by atoms with Gasteiger partial charge in [0.2, 0.25) is 0 Å². The number of rotatable bonds is 6. The van der Waals surface area contributed by atoms with Crippen molar-refractivity contribution in [3.8, 4) is 6.07 Å². The number of nitrogens with zero attached hydrogens (tertiary/aromatic N) is 3. The first-order chi connectivity index (χ1) is 13.6. The predicted molar refractivity (Wildman–Crippen MR) is 111 cm³/mol. The smallest absolute Gasteiger partial charge is 0.257 e. The zero-order chi connectivity index (χ0) is 19.9. The van der Waals surface area contributed by atoms with E-state index in [1.807, 2.05) is 24.3 Å². The molecule has 0 saturated carbocycles. The molecule has 1 N–H and O–H groups in total. The van der Waals surface area contributed by atoms with Gasteiger partial charge in [-0.15, -0.1) is 0 Å². The van der Waals surface area contributed by atoms with Gasteiger partial charge in [-0.25, -0.2) is 4.98 Å². The quantitative estimate of drug-likeness (QED) is 0.687. The molecule has 0 bridgehead atoms. The first kappa shape index (κ1) is 19.1. The number of nitrogens with one attached hydrogen (secondary N) is 1. The zero-order valence-electron chi connectivity index (χ0n) is 16.0. The molecule has 1 amide bonds. The maximum Gasteiger partial charge on any atom is 0.257 e. The Bertz CT molecular complexity index is 975. The van der Waals surface area contributed by atoms with Crippen molar-refractivity contribution in [2.24, 2.45) is 0 Å². The van der Waals surface area contributed by atoms with Crippen LogP contribution in [0.4, 0.5) is 11.5 Å². The lowest BCUT2D eigenvalue weighted by molar-refractivity contribution is 0.102. The van der Waals surface area contributed by atoms with E-state index in [1.165, 1.54) is 5.56 Å². The van der Waals surface area contributed by atoms with Crippen LogP contribution in [0, 0.1) is 11.3 Å². The molecule has 140 valence electrons. The molecule has 3 rings (SSSR count). The van der Waals surface area contributed by atoms with E-state index in [0.29, 0.717) is 16.8 Å². The summed E-state index contributed by atoms with van der Waals surface area (Å²) in [5, 5.41) is 11.8. The zero-order valence-corrected chi connectivity index (χ0v) is 16.0. The molecule has 1 aromatic heterocycles. The van der Waals surface area contributed by atoms with E-state index in [4.69, 9.17) is 5.26 Å². The number of carbonyl (C=O) groups excluding carboxylic acids is 1. The molecule has 28 heavy (non-hydrogen) atoms. The van der Waals surface area contributed by atoms with Crippen LogP contribution in [0.15, 0.2) is 72.9 Å². The van der Waals surface area contributed by atoms with Crippen molar-refractivity contribution >= 4 is 17.4 Å². The van der Waals surface area contributed by atoms with Crippen LogP contribution in [0.2, 0.25) is 0 Å². The third kappa shape index (κ3) is 4.74. The number of pyridine rings is 1. The van der Waals surface area contributed by atoms with Crippen molar-refractivity contribution in [2.45, 2.75) is 26.4 Å². The Kier molecular flexibility index (Phi) is 6.03. The van der Waals surface area contributed by atoms with Crippen molar-refractivity contribution in [3.63, 3.8) is 0 Å². The Morgan fingerprint density at radius 1 is 1.11 bits per heavy atom. The number of hydrogen-bond donors (Lipinski definition) is 1. The summed E-state index contributed by atoms with van der Waals surface area (Å²) in [6.07, 6.45) is 1.58. The molecule has 1 heterocycles. The second kappa shape index (κ2) is 8.83. The Labute approximate surface area is 165 Å². The highest BCUT2D eigenvalue weighted by Crippen LogP contribution is 2.19. The van der Waals surface area contributed by atoms with E-state index >= 15 is 0 Å². The minimum absolute atomic E-state index is 0.256. The van der Waals surface area contributed by atoms with E-state index in [1.54, 1.807) is 36.5 Å².